The molecule has 1 aliphatic heterocycles. The molecule has 0 saturated carbocycles. The summed E-state index contributed by atoms with van der Waals surface area (Å²) in [6.45, 7) is 6.65. The van der Waals surface area contributed by atoms with Crippen molar-refractivity contribution >= 4 is 27.0 Å². The van der Waals surface area contributed by atoms with E-state index in [0.717, 1.165) is 17.4 Å². The fourth-order valence-electron chi connectivity index (χ4n) is 4.48. The zero-order chi connectivity index (χ0) is 24.6. The number of piperidine rings is 1. The summed E-state index contributed by atoms with van der Waals surface area (Å²) in [6.07, 6.45) is 0.959. The quantitative estimate of drug-likeness (QED) is 0.306. The first kappa shape index (κ1) is 24.0. The molecule has 2 heterocycles. The average molecular weight is 486 g/mol. The molecule has 0 aliphatic carbocycles. The Morgan fingerprint density at radius 2 is 1.76 bits per heavy atom. The van der Waals surface area contributed by atoms with E-state index in [1.54, 1.807) is 19.1 Å². The van der Waals surface area contributed by atoms with Crippen LogP contribution in [0.1, 0.15) is 36.2 Å². The van der Waals surface area contributed by atoms with Gasteiger partial charge in [0.1, 0.15) is 22.0 Å². The second-order valence-electron chi connectivity index (χ2n) is 8.93. The van der Waals surface area contributed by atoms with Gasteiger partial charge in [-0.05, 0) is 61.1 Å². The highest BCUT2D eigenvalue weighted by Gasteiger charge is 2.34. The van der Waals surface area contributed by atoms with E-state index in [4.69, 9.17) is 13.9 Å². The van der Waals surface area contributed by atoms with Crippen LogP contribution in [0.2, 0.25) is 0 Å². The molecule has 0 spiro atoms. The van der Waals surface area contributed by atoms with Gasteiger partial charge in [0.15, 0.2) is 0 Å². The average Bonchev–Trinajstić information content (AvgIpc) is 2.77. The first-order valence-electron chi connectivity index (χ1n) is 11.0. The van der Waals surface area contributed by atoms with Gasteiger partial charge >= 0.3 is 11.6 Å². The number of hydrogen-bond acceptors (Lipinski definition) is 7. The highest BCUT2D eigenvalue weighted by molar-refractivity contribution is 7.89. The molecule has 9 heteroatoms. The predicted octanol–water partition coefficient (Wildman–Crippen LogP) is 4.00. The Morgan fingerprint density at radius 3 is 2.44 bits per heavy atom. The highest BCUT2D eigenvalue weighted by atomic mass is 32.2. The third-order valence-electron chi connectivity index (χ3n) is 5.99. The molecule has 2 unspecified atom stereocenters. The molecule has 0 bridgehead atoms. The van der Waals surface area contributed by atoms with Crippen molar-refractivity contribution in [1.82, 2.24) is 4.31 Å². The summed E-state index contributed by atoms with van der Waals surface area (Å²) in [7, 11) is -2.50. The minimum atomic E-state index is -3.89. The van der Waals surface area contributed by atoms with Gasteiger partial charge in [0.05, 0.1) is 12.7 Å². The number of carbonyl (C=O) groups is 1. The predicted molar refractivity (Wildman–Crippen MR) is 127 cm³/mol. The van der Waals surface area contributed by atoms with E-state index in [1.165, 1.54) is 41.7 Å². The van der Waals surface area contributed by atoms with Gasteiger partial charge in [0.25, 0.3) is 0 Å². The Bertz CT molecular complexity index is 1400. The van der Waals surface area contributed by atoms with Gasteiger partial charge in [-0.3, -0.25) is 0 Å². The summed E-state index contributed by atoms with van der Waals surface area (Å²) in [5, 5.41) is 0.724. The minimum absolute atomic E-state index is 0.0586. The van der Waals surface area contributed by atoms with Crippen molar-refractivity contribution in [2.75, 3.05) is 20.2 Å². The number of hydrogen-bond donors (Lipinski definition) is 0. The number of sulfonamides is 1. The number of ether oxygens (including phenoxy) is 2. The van der Waals surface area contributed by atoms with Crippen molar-refractivity contribution in [2.45, 2.75) is 32.1 Å². The fraction of sp³-hybridized carbons (Fsp3) is 0.360. The van der Waals surface area contributed by atoms with Gasteiger partial charge in [-0.2, -0.15) is 4.31 Å². The number of fused-ring (bicyclic) bond motifs is 1. The maximum absolute atomic E-state index is 13.5. The standard InChI is InChI=1S/C25H27NO7S/c1-15-9-16(2)14-26(13-15)34(29,30)23-11-18(5-8-21(23)31-4)25(28)32-19-6-7-20-17(3)10-24(27)33-22(20)12-19/h5-8,10-12,15-16H,9,13-14H2,1-4H3. The normalized spacial score (nSPS) is 19.2. The van der Waals surface area contributed by atoms with Gasteiger partial charge in [-0.25, -0.2) is 18.0 Å². The Labute approximate surface area is 198 Å². The molecule has 2 aromatic carbocycles. The molecular weight excluding hydrogens is 458 g/mol. The first-order valence-corrected chi connectivity index (χ1v) is 12.5. The van der Waals surface area contributed by atoms with Crippen molar-refractivity contribution in [3.63, 3.8) is 0 Å². The maximum atomic E-state index is 13.5. The fourth-order valence-corrected chi connectivity index (χ4v) is 6.34. The summed E-state index contributed by atoms with van der Waals surface area (Å²) in [4.78, 5) is 24.5. The van der Waals surface area contributed by atoms with Crippen molar-refractivity contribution < 1.29 is 27.1 Å². The van der Waals surface area contributed by atoms with Crippen LogP contribution in [0.3, 0.4) is 0 Å². The van der Waals surface area contributed by atoms with E-state index in [2.05, 4.69) is 0 Å². The van der Waals surface area contributed by atoms with E-state index in [-0.39, 0.29) is 33.8 Å². The van der Waals surface area contributed by atoms with Crippen LogP contribution in [0.5, 0.6) is 11.5 Å². The lowest BCUT2D eigenvalue weighted by atomic mass is 9.94. The Kier molecular flexibility index (Phi) is 6.51. The maximum Gasteiger partial charge on any atom is 0.343 e. The molecule has 8 nitrogen and oxygen atoms in total. The van der Waals surface area contributed by atoms with Crippen LogP contribution in [0.4, 0.5) is 0 Å². The third kappa shape index (κ3) is 4.71. The van der Waals surface area contributed by atoms with Crippen molar-refractivity contribution in [2.24, 2.45) is 11.8 Å². The van der Waals surface area contributed by atoms with Gasteiger partial charge in [-0.1, -0.05) is 13.8 Å². The van der Waals surface area contributed by atoms with E-state index in [9.17, 15) is 18.0 Å². The summed E-state index contributed by atoms with van der Waals surface area (Å²) in [5.74, 6) is 0.0490. The number of nitrogens with zero attached hydrogens (tertiary/aromatic N) is 1. The van der Waals surface area contributed by atoms with Crippen LogP contribution in [0, 0.1) is 18.8 Å². The summed E-state index contributed by atoms with van der Waals surface area (Å²) < 4.78 is 44.3. The first-order chi connectivity index (χ1) is 16.1. The monoisotopic (exact) mass is 485 g/mol. The molecule has 2 atom stereocenters. The van der Waals surface area contributed by atoms with E-state index in [0.29, 0.717) is 18.7 Å². The van der Waals surface area contributed by atoms with Crippen LogP contribution in [-0.2, 0) is 10.0 Å². The molecule has 0 radical (unpaired) electrons. The van der Waals surface area contributed by atoms with Crippen LogP contribution in [0.25, 0.3) is 11.0 Å². The molecule has 1 aromatic heterocycles. The molecule has 1 aliphatic rings. The molecular formula is C25H27NO7S. The number of rotatable bonds is 5. The second-order valence-corrected chi connectivity index (χ2v) is 10.8. The largest absolute Gasteiger partial charge is 0.495 e. The van der Waals surface area contributed by atoms with E-state index in [1.807, 2.05) is 13.8 Å². The second kappa shape index (κ2) is 9.23. The Hall–Kier alpha value is -3.17. The van der Waals surface area contributed by atoms with Crippen molar-refractivity contribution in [1.29, 1.82) is 0 Å². The lowest BCUT2D eigenvalue weighted by molar-refractivity contribution is 0.0734. The zero-order valence-electron chi connectivity index (χ0n) is 19.5. The van der Waals surface area contributed by atoms with Gasteiger partial charge < -0.3 is 13.9 Å². The van der Waals surface area contributed by atoms with Crippen LogP contribution < -0.4 is 15.1 Å². The lowest BCUT2D eigenvalue weighted by Crippen LogP contribution is -2.42. The smallest absolute Gasteiger partial charge is 0.343 e. The molecule has 4 rings (SSSR count). The van der Waals surface area contributed by atoms with E-state index >= 15 is 0 Å². The third-order valence-corrected chi connectivity index (χ3v) is 7.84. The zero-order valence-corrected chi connectivity index (χ0v) is 20.3. The number of carbonyl (C=O) groups excluding carboxylic acids is 1. The molecule has 0 N–H and O–H groups in total. The topological polar surface area (TPSA) is 103 Å². The summed E-state index contributed by atoms with van der Waals surface area (Å²) in [6, 6.07) is 10.3. The number of methoxy groups -OCH3 is 1. The number of aryl methyl sites for hydroxylation is 1. The SMILES string of the molecule is COc1ccc(C(=O)Oc2ccc3c(C)cc(=O)oc3c2)cc1S(=O)(=O)N1CC(C)CC(C)C1. The Balaban J connectivity index is 1.65. The van der Waals surface area contributed by atoms with Crippen molar-refractivity contribution in [3.05, 3.63) is 64.0 Å². The Morgan fingerprint density at radius 1 is 1.06 bits per heavy atom. The van der Waals surface area contributed by atoms with Crippen LogP contribution >= 0.6 is 0 Å². The molecule has 180 valence electrons. The molecule has 1 fully saturated rings. The minimum Gasteiger partial charge on any atom is -0.495 e. The number of benzene rings is 2. The molecule has 34 heavy (non-hydrogen) atoms. The number of esters is 1. The van der Waals surface area contributed by atoms with Crippen LogP contribution in [0.15, 0.2) is 56.6 Å². The van der Waals surface area contributed by atoms with Gasteiger partial charge in [0.2, 0.25) is 10.0 Å². The van der Waals surface area contributed by atoms with Gasteiger partial charge in [0, 0.05) is 30.6 Å². The van der Waals surface area contributed by atoms with E-state index < -0.39 is 21.6 Å². The molecule has 3 aromatic rings. The van der Waals surface area contributed by atoms with Crippen LogP contribution in [-0.4, -0.2) is 38.9 Å². The highest BCUT2D eigenvalue weighted by Crippen LogP contribution is 2.32. The van der Waals surface area contributed by atoms with Crippen molar-refractivity contribution in [3.8, 4) is 11.5 Å². The molecule has 1 saturated heterocycles. The van der Waals surface area contributed by atoms with Gasteiger partial charge in [-0.15, -0.1) is 0 Å². The molecule has 0 amide bonds. The summed E-state index contributed by atoms with van der Waals surface area (Å²) >= 11 is 0. The summed E-state index contributed by atoms with van der Waals surface area (Å²) in [5.41, 5.74) is 0.597. The lowest BCUT2D eigenvalue weighted by Gasteiger charge is -2.34.